The maximum absolute atomic E-state index is 14.1. The van der Waals surface area contributed by atoms with E-state index in [0.717, 1.165) is 48.5 Å². The van der Waals surface area contributed by atoms with Gasteiger partial charge in [0.2, 0.25) is 16.5 Å². The number of aromatic nitrogens is 3. The number of fused-ring (bicyclic) bond motifs is 1. The molecule has 0 spiro atoms. The van der Waals surface area contributed by atoms with Gasteiger partial charge in [0.05, 0.1) is 69.6 Å². The first kappa shape index (κ1) is 68.0. The molecular formula is C35H25ClN12Na4O17S6. The van der Waals surface area contributed by atoms with E-state index < -0.39 is 158 Å². The molecule has 0 atom stereocenters. The summed E-state index contributed by atoms with van der Waals surface area (Å²) in [6.07, 6.45) is 0. The molecule has 374 valence electrons. The molecule has 29 nitrogen and oxygen atoms in total. The molecule has 0 amide bonds. The molecule has 0 bridgehead atoms. The summed E-state index contributed by atoms with van der Waals surface area (Å²) in [5, 5.41) is 43.0. The Balaban J connectivity index is 0.00000481. The zero-order valence-electron chi connectivity index (χ0n) is 38.6. The number of nitrogens with one attached hydrogen (secondary N) is 3. The van der Waals surface area contributed by atoms with Crippen molar-refractivity contribution in [1.29, 1.82) is 5.41 Å². The SMILES string of the molecule is C=CS(=O)(=O)c1ccc(N=Nc2c(S(=O)(=O)[O-])cc3cc(S(=O)(=O)O)c(N=Nc4cc(N=c5[nH]c(Cl)nc(=N)[nH]5)c(N=Nc5ccc(S(=O)(=O)CCS(=O)(=O)[O-])cc5)cc4S(=O)(=O)[O-])c([O-])c3c2N)cc1.[Na+].[Na+].[Na+].[Na+]. The molecule has 0 unspecified atom stereocenters. The fraction of sp³-hybridized carbons (Fsp3) is 0.0571. The van der Waals surface area contributed by atoms with Gasteiger partial charge in [-0.2, -0.15) is 23.6 Å². The molecule has 0 aliphatic rings. The summed E-state index contributed by atoms with van der Waals surface area (Å²) < 4.78 is 193. The summed E-state index contributed by atoms with van der Waals surface area (Å²) in [6.45, 7) is 3.20. The number of nitrogens with zero attached hydrogens (tertiary/aromatic N) is 8. The third kappa shape index (κ3) is 17.2. The average Bonchev–Trinajstić information content (AvgIpc) is 3.25. The molecule has 0 fully saturated rings. The van der Waals surface area contributed by atoms with Gasteiger partial charge in [0.25, 0.3) is 10.1 Å². The van der Waals surface area contributed by atoms with Crippen LogP contribution in [0.4, 0.5) is 45.5 Å². The van der Waals surface area contributed by atoms with Gasteiger partial charge in [-0.1, -0.05) is 12.3 Å². The minimum absolute atomic E-state index is 0. The number of hydrogen-bond donors (Lipinski definition) is 5. The average molecular weight is 1210 g/mol. The van der Waals surface area contributed by atoms with Crippen molar-refractivity contribution in [2.24, 2.45) is 35.7 Å². The van der Waals surface area contributed by atoms with Crippen molar-refractivity contribution < 1.29 is 192 Å². The van der Waals surface area contributed by atoms with Gasteiger partial charge in [0, 0.05) is 10.8 Å². The van der Waals surface area contributed by atoms with Crippen LogP contribution in [-0.2, 0) is 60.1 Å². The van der Waals surface area contributed by atoms with Crippen LogP contribution in [0.2, 0.25) is 5.28 Å². The molecule has 0 radical (unpaired) electrons. The van der Waals surface area contributed by atoms with Crippen LogP contribution in [0.5, 0.6) is 5.75 Å². The zero-order chi connectivity index (χ0) is 52.6. The number of H-pyrrole nitrogens is 2. The number of hydrogen-bond acceptors (Lipinski definition) is 26. The Labute approximate surface area is 518 Å². The maximum Gasteiger partial charge on any atom is 1.00 e. The first-order valence-electron chi connectivity index (χ1n) is 18.4. The predicted molar refractivity (Wildman–Crippen MR) is 238 cm³/mol. The van der Waals surface area contributed by atoms with Gasteiger partial charge in [0.15, 0.2) is 19.7 Å². The van der Waals surface area contributed by atoms with E-state index in [1.807, 2.05) is 0 Å². The van der Waals surface area contributed by atoms with Crippen LogP contribution in [-0.4, -0.2) is 95.2 Å². The standard InChI is InChI=1S/C35H29ClN12O17S6.4Na/c1-2-66(50,51)20-7-3-19(4-8-20)44-47-30-26(70(60,61)62)13-17-14-27(71(63,64)65)31(32(49)28(17)29(30)37)48-46-24-15-22(39-35-41-33(36)40-34(38)42-35)23(16-25(24)69(57,58)59)45-43-18-5-9-21(10-6-18)67(52,53)11-12-68(54,55)56;;;;/h2-10,13-16,49H,1,11-12,37H2,(H,54,55,56)(H,57,58,59)(H,60,61,62)(H,63,64,65)(H3,38,39,40,41,42);;;;/q;4*+1/p-4. The molecule has 0 saturated heterocycles. The van der Waals surface area contributed by atoms with E-state index in [1.165, 1.54) is 0 Å². The number of nitrogen functional groups attached to an aromatic ring is 1. The van der Waals surface area contributed by atoms with E-state index >= 15 is 0 Å². The molecule has 6 aromatic rings. The van der Waals surface area contributed by atoms with Gasteiger partial charge in [-0.25, -0.2) is 47.1 Å². The number of halogens is 1. The molecule has 1 aromatic heterocycles. The molecule has 6 rings (SSSR count). The Morgan fingerprint density at radius 1 is 0.653 bits per heavy atom. The largest absolute Gasteiger partial charge is 1.00 e. The molecule has 75 heavy (non-hydrogen) atoms. The Bertz CT molecular complexity index is 4170. The summed E-state index contributed by atoms with van der Waals surface area (Å²) in [5.41, 5.74) is -0.579. The number of benzene rings is 5. The van der Waals surface area contributed by atoms with E-state index in [-0.39, 0.29) is 134 Å². The van der Waals surface area contributed by atoms with Crippen molar-refractivity contribution in [3.63, 3.8) is 0 Å². The van der Waals surface area contributed by atoms with Crippen molar-refractivity contribution in [2.75, 3.05) is 17.2 Å². The van der Waals surface area contributed by atoms with Crippen molar-refractivity contribution in [3.05, 3.63) is 101 Å². The minimum Gasteiger partial charge on any atom is -0.870 e. The van der Waals surface area contributed by atoms with Gasteiger partial charge in [-0.15, -0.1) is 20.5 Å². The first-order chi connectivity index (χ1) is 32.8. The Morgan fingerprint density at radius 2 is 1.16 bits per heavy atom. The second-order valence-electron chi connectivity index (χ2n) is 13.8. The molecule has 0 aliphatic heterocycles. The maximum atomic E-state index is 14.1. The van der Waals surface area contributed by atoms with Crippen molar-refractivity contribution >= 4 is 128 Å². The predicted octanol–water partition coefficient (Wildman–Crippen LogP) is -8.53. The van der Waals surface area contributed by atoms with Crippen LogP contribution < -0.4 is 140 Å². The Hall–Kier alpha value is -3.06. The second kappa shape index (κ2) is 26.3. The summed E-state index contributed by atoms with van der Waals surface area (Å²) in [7, 11) is -30.0. The minimum atomic E-state index is -5.70. The topological polar surface area (TPSA) is 498 Å². The van der Waals surface area contributed by atoms with Crippen LogP contribution >= 0.6 is 11.6 Å². The third-order valence-electron chi connectivity index (χ3n) is 9.05. The van der Waals surface area contributed by atoms with Crippen LogP contribution in [0.3, 0.4) is 0 Å². The van der Waals surface area contributed by atoms with Gasteiger partial charge in [-0.05, 0) is 89.8 Å². The normalized spacial score (nSPS) is 12.8. The zero-order valence-corrected chi connectivity index (χ0v) is 52.2. The molecule has 5 aromatic carbocycles. The molecule has 6 N–H and O–H groups in total. The van der Waals surface area contributed by atoms with Crippen molar-refractivity contribution in [3.8, 4) is 5.75 Å². The first-order valence-corrected chi connectivity index (χ1v) is 27.8. The van der Waals surface area contributed by atoms with Gasteiger partial charge < -0.3 is 29.5 Å². The monoisotopic (exact) mass is 1200 g/mol. The number of azo groups is 3. The number of sulfone groups is 2. The molecule has 0 aliphatic carbocycles. The Kier molecular flexibility index (Phi) is 23.8. The number of aromatic amines is 2. The van der Waals surface area contributed by atoms with Crippen molar-refractivity contribution in [2.45, 2.75) is 24.5 Å². The van der Waals surface area contributed by atoms with Crippen LogP contribution in [0, 0.1) is 5.41 Å². The van der Waals surface area contributed by atoms with Gasteiger partial charge >= 0.3 is 118 Å². The second-order valence-corrected chi connectivity index (χ2v) is 23.8. The smallest absolute Gasteiger partial charge is 0.870 e. The van der Waals surface area contributed by atoms with E-state index in [0.29, 0.717) is 29.7 Å². The van der Waals surface area contributed by atoms with Crippen LogP contribution in [0.25, 0.3) is 10.8 Å². The number of rotatable bonds is 16. The van der Waals surface area contributed by atoms with Crippen molar-refractivity contribution in [1.82, 2.24) is 15.0 Å². The van der Waals surface area contributed by atoms with Crippen LogP contribution in [0.1, 0.15) is 0 Å². The van der Waals surface area contributed by atoms with E-state index in [1.54, 1.807) is 0 Å². The van der Waals surface area contributed by atoms with Gasteiger partial charge in [-0.3, -0.25) is 14.9 Å². The third-order valence-corrected chi connectivity index (χ3v) is 15.9. The van der Waals surface area contributed by atoms with E-state index in [2.05, 4.69) is 57.2 Å². The number of nitrogens with two attached hydrogens (primary N) is 1. The quantitative estimate of drug-likeness (QED) is 0.0260. The molecule has 0 saturated carbocycles. The number of anilines is 1. The van der Waals surface area contributed by atoms with E-state index in [9.17, 15) is 73.8 Å². The summed E-state index contributed by atoms with van der Waals surface area (Å²) in [4.78, 5) is 7.78. The molecule has 1 heterocycles. The Morgan fingerprint density at radius 3 is 1.67 bits per heavy atom. The fourth-order valence-corrected chi connectivity index (χ4v) is 11.1. The van der Waals surface area contributed by atoms with Gasteiger partial charge in [0.1, 0.15) is 42.2 Å². The summed E-state index contributed by atoms with van der Waals surface area (Å²) in [5.74, 6) is -3.86. The summed E-state index contributed by atoms with van der Waals surface area (Å²) in [6, 6.07) is 10.5. The molecular weight excluding hydrogens is 1180 g/mol. The van der Waals surface area contributed by atoms with Crippen LogP contribution in [0.15, 0.2) is 145 Å². The summed E-state index contributed by atoms with van der Waals surface area (Å²) >= 11 is 5.91. The van der Waals surface area contributed by atoms with E-state index in [4.69, 9.17) is 22.7 Å². The fourth-order valence-electron chi connectivity index (χ4n) is 5.82. The molecule has 40 heteroatoms.